The molecule has 2 heterocycles. The van der Waals surface area contributed by atoms with Gasteiger partial charge in [-0.15, -0.1) is 0 Å². The molecule has 3 N–H and O–H groups in total. The Balaban J connectivity index is 1.78. The molecule has 6 heteroatoms. The lowest BCUT2D eigenvalue weighted by molar-refractivity contribution is 0.0999. The predicted octanol–water partition coefficient (Wildman–Crippen LogP) is 1.63. The normalized spacial score (nSPS) is 19.5. The summed E-state index contributed by atoms with van der Waals surface area (Å²) in [5, 5.41) is 6.93. The second-order valence-corrected chi connectivity index (χ2v) is 5.42. The van der Waals surface area contributed by atoms with Crippen LogP contribution in [0.4, 0.5) is 0 Å². The lowest BCUT2D eigenvalue weighted by Gasteiger charge is -2.34. The molecule has 1 aromatic carbocycles. The SMILES string of the molecule is NC(=O)c1cccc(CN2CCCC[C@H]2c2ncn[nH]2)c1. The fourth-order valence-corrected chi connectivity index (χ4v) is 2.92. The highest BCUT2D eigenvalue weighted by atomic mass is 16.1. The Morgan fingerprint density at radius 1 is 1.43 bits per heavy atom. The van der Waals surface area contributed by atoms with E-state index in [-0.39, 0.29) is 11.9 Å². The predicted molar refractivity (Wildman–Crippen MR) is 78.3 cm³/mol. The smallest absolute Gasteiger partial charge is 0.248 e. The Kier molecular flexibility index (Phi) is 3.96. The minimum absolute atomic E-state index is 0.262. The molecule has 0 aliphatic carbocycles. The van der Waals surface area contributed by atoms with Crippen molar-refractivity contribution >= 4 is 5.91 Å². The van der Waals surface area contributed by atoms with Crippen molar-refractivity contribution in [3.8, 4) is 0 Å². The quantitative estimate of drug-likeness (QED) is 0.893. The molecule has 110 valence electrons. The van der Waals surface area contributed by atoms with Gasteiger partial charge in [-0.2, -0.15) is 5.10 Å². The highest BCUT2D eigenvalue weighted by Crippen LogP contribution is 2.29. The van der Waals surface area contributed by atoms with Gasteiger partial charge in [0.2, 0.25) is 5.91 Å². The third-order valence-electron chi connectivity index (χ3n) is 3.96. The first-order valence-electron chi connectivity index (χ1n) is 7.22. The summed E-state index contributed by atoms with van der Waals surface area (Å²) >= 11 is 0. The van der Waals surface area contributed by atoms with E-state index in [1.807, 2.05) is 18.2 Å². The molecule has 1 atom stereocenters. The highest BCUT2D eigenvalue weighted by Gasteiger charge is 2.26. The van der Waals surface area contributed by atoms with Crippen LogP contribution >= 0.6 is 0 Å². The van der Waals surface area contributed by atoms with Crippen LogP contribution in [-0.4, -0.2) is 32.5 Å². The number of piperidine rings is 1. The van der Waals surface area contributed by atoms with Crippen LogP contribution in [0.2, 0.25) is 0 Å². The van der Waals surface area contributed by atoms with E-state index in [0.717, 1.165) is 30.9 Å². The average Bonchev–Trinajstić information content (AvgIpc) is 3.02. The topological polar surface area (TPSA) is 87.9 Å². The van der Waals surface area contributed by atoms with Gasteiger partial charge in [0.15, 0.2) is 0 Å². The van der Waals surface area contributed by atoms with Crippen molar-refractivity contribution in [1.29, 1.82) is 0 Å². The number of primary amides is 1. The van der Waals surface area contributed by atoms with Crippen molar-refractivity contribution in [1.82, 2.24) is 20.1 Å². The first-order valence-corrected chi connectivity index (χ1v) is 7.22. The van der Waals surface area contributed by atoms with Gasteiger partial charge in [0.05, 0.1) is 6.04 Å². The zero-order valence-corrected chi connectivity index (χ0v) is 11.8. The van der Waals surface area contributed by atoms with Crippen LogP contribution in [-0.2, 0) is 6.54 Å². The van der Waals surface area contributed by atoms with Gasteiger partial charge in [-0.3, -0.25) is 14.8 Å². The fourth-order valence-electron chi connectivity index (χ4n) is 2.92. The van der Waals surface area contributed by atoms with Gasteiger partial charge in [0.25, 0.3) is 0 Å². The third kappa shape index (κ3) is 3.11. The summed E-state index contributed by atoms with van der Waals surface area (Å²) in [5.41, 5.74) is 7.00. The van der Waals surface area contributed by atoms with Crippen LogP contribution in [0.15, 0.2) is 30.6 Å². The molecule has 2 aromatic rings. The van der Waals surface area contributed by atoms with E-state index in [9.17, 15) is 4.79 Å². The first kappa shape index (κ1) is 13.8. The number of H-pyrrole nitrogens is 1. The molecule has 6 nitrogen and oxygen atoms in total. The van der Waals surface area contributed by atoms with Crippen LogP contribution in [0.25, 0.3) is 0 Å². The number of carbonyl (C=O) groups excluding carboxylic acids is 1. The van der Waals surface area contributed by atoms with Crippen LogP contribution < -0.4 is 5.73 Å². The average molecular weight is 285 g/mol. The number of hydrogen-bond acceptors (Lipinski definition) is 4. The second-order valence-electron chi connectivity index (χ2n) is 5.42. The number of aromatic amines is 1. The van der Waals surface area contributed by atoms with Crippen molar-refractivity contribution in [3.63, 3.8) is 0 Å². The molecule has 0 unspecified atom stereocenters. The standard InChI is InChI=1S/C15H19N5O/c16-14(21)12-5-3-4-11(8-12)9-20-7-2-1-6-13(20)15-17-10-18-19-15/h3-5,8,10,13H,1-2,6-7,9H2,(H2,16,21)(H,17,18,19)/t13-/m0/s1. The zero-order valence-electron chi connectivity index (χ0n) is 11.8. The van der Waals surface area contributed by atoms with E-state index in [1.165, 1.54) is 12.8 Å². The Labute approximate surface area is 123 Å². The number of nitrogens with two attached hydrogens (primary N) is 1. The number of rotatable bonds is 4. The number of likely N-dealkylation sites (tertiary alicyclic amines) is 1. The molecule has 1 aromatic heterocycles. The number of carbonyl (C=O) groups is 1. The summed E-state index contributed by atoms with van der Waals surface area (Å²) in [4.78, 5) is 18.0. The summed E-state index contributed by atoms with van der Waals surface area (Å²) in [6, 6.07) is 7.78. The molecule has 1 aliphatic rings. The maximum atomic E-state index is 11.3. The van der Waals surface area contributed by atoms with Crippen LogP contribution in [0, 0.1) is 0 Å². The maximum Gasteiger partial charge on any atom is 0.248 e. The second kappa shape index (κ2) is 6.05. The van der Waals surface area contributed by atoms with Gasteiger partial charge >= 0.3 is 0 Å². The molecule has 1 amide bonds. The molecule has 0 saturated carbocycles. The van der Waals surface area contributed by atoms with E-state index in [1.54, 1.807) is 12.4 Å². The number of aromatic nitrogens is 3. The van der Waals surface area contributed by atoms with Crippen molar-refractivity contribution in [2.24, 2.45) is 5.73 Å². The lowest BCUT2D eigenvalue weighted by Crippen LogP contribution is -2.33. The molecule has 21 heavy (non-hydrogen) atoms. The van der Waals surface area contributed by atoms with Gasteiger partial charge in [-0.1, -0.05) is 18.6 Å². The van der Waals surface area contributed by atoms with E-state index in [4.69, 9.17) is 5.73 Å². The molecular weight excluding hydrogens is 266 g/mol. The molecular formula is C15H19N5O. The van der Waals surface area contributed by atoms with Gasteiger partial charge < -0.3 is 5.73 Å². The summed E-state index contributed by atoms with van der Waals surface area (Å²) in [5.74, 6) is 0.531. The number of amides is 1. The van der Waals surface area contributed by atoms with Gasteiger partial charge in [-0.25, -0.2) is 4.98 Å². The molecule has 1 saturated heterocycles. The van der Waals surface area contributed by atoms with Crippen LogP contribution in [0.1, 0.15) is 47.1 Å². The zero-order chi connectivity index (χ0) is 14.7. The highest BCUT2D eigenvalue weighted by molar-refractivity contribution is 5.92. The fraction of sp³-hybridized carbons (Fsp3) is 0.400. The molecule has 1 fully saturated rings. The number of nitrogens with one attached hydrogen (secondary N) is 1. The van der Waals surface area contributed by atoms with Crippen molar-refractivity contribution in [2.45, 2.75) is 31.8 Å². The minimum atomic E-state index is -0.387. The van der Waals surface area contributed by atoms with Crippen molar-refractivity contribution < 1.29 is 4.79 Å². The van der Waals surface area contributed by atoms with E-state index in [0.29, 0.717) is 5.56 Å². The molecule has 0 bridgehead atoms. The van der Waals surface area contributed by atoms with E-state index < -0.39 is 0 Å². The summed E-state index contributed by atoms with van der Waals surface area (Å²) in [6.07, 6.45) is 5.00. The van der Waals surface area contributed by atoms with Gasteiger partial charge in [0, 0.05) is 12.1 Å². The summed E-state index contributed by atoms with van der Waals surface area (Å²) < 4.78 is 0. The largest absolute Gasteiger partial charge is 0.366 e. The summed E-state index contributed by atoms with van der Waals surface area (Å²) in [7, 11) is 0. The number of hydrogen-bond donors (Lipinski definition) is 2. The monoisotopic (exact) mass is 285 g/mol. The third-order valence-corrected chi connectivity index (χ3v) is 3.96. The van der Waals surface area contributed by atoms with Crippen LogP contribution in [0.5, 0.6) is 0 Å². The summed E-state index contributed by atoms with van der Waals surface area (Å²) in [6.45, 7) is 1.80. The molecule has 1 aliphatic heterocycles. The Hall–Kier alpha value is -2.21. The first-order chi connectivity index (χ1) is 10.2. The van der Waals surface area contributed by atoms with Crippen molar-refractivity contribution in [2.75, 3.05) is 6.54 Å². The van der Waals surface area contributed by atoms with Gasteiger partial charge in [0.1, 0.15) is 12.2 Å². The molecule has 0 spiro atoms. The minimum Gasteiger partial charge on any atom is -0.366 e. The lowest BCUT2D eigenvalue weighted by atomic mass is 10.00. The Morgan fingerprint density at radius 2 is 2.33 bits per heavy atom. The Bertz CT molecular complexity index is 610. The van der Waals surface area contributed by atoms with Gasteiger partial charge in [-0.05, 0) is 37.1 Å². The van der Waals surface area contributed by atoms with E-state index >= 15 is 0 Å². The van der Waals surface area contributed by atoms with Crippen LogP contribution in [0.3, 0.4) is 0 Å². The number of benzene rings is 1. The molecule has 3 rings (SSSR count). The number of nitrogens with zero attached hydrogens (tertiary/aromatic N) is 3. The Morgan fingerprint density at radius 3 is 3.10 bits per heavy atom. The molecule has 0 radical (unpaired) electrons. The maximum absolute atomic E-state index is 11.3. The van der Waals surface area contributed by atoms with Crippen molar-refractivity contribution in [3.05, 3.63) is 47.5 Å². The van der Waals surface area contributed by atoms with E-state index in [2.05, 4.69) is 20.1 Å².